The van der Waals surface area contributed by atoms with Crippen LogP contribution in [-0.2, 0) is 20.7 Å². The minimum Gasteiger partial charge on any atom is -0.472 e. The van der Waals surface area contributed by atoms with Gasteiger partial charge in [0.1, 0.15) is 6.10 Å². The van der Waals surface area contributed by atoms with E-state index >= 15 is 0 Å². The molecular weight excluding hydrogens is 466 g/mol. The normalized spacial score (nSPS) is 14.8. The molecule has 6 heteroatoms. The molecule has 0 spiro atoms. The molecule has 1 heterocycles. The van der Waals surface area contributed by atoms with Gasteiger partial charge in [0.15, 0.2) is 6.04 Å². The third-order valence-electron chi connectivity index (χ3n) is 6.23. The van der Waals surface area contributed by atoms with Crippen LogP contribution in [0.1, 0.15) is 70.0 Å². The first-order valence-corrected chi connectivity index (χ1v) is 12.9. The summed E-state index contributed by atoms with van der Waals surface area (Å²) >= 11 is 0. The van der Waals surface area contributed by atoms with E-state index in [1.807, 2.05) is 19.1 Å². The fourth-order valence-corrected chi connectivity index (χ4v) is 3.95. The molecule has 2 aromatic rings. The van der Waals surface area contributed by atoms with Crippen LogP contribution in [0.4, 0.5) is 0 Å². The number of carbonyl (C=O) groups excluding carboxylic acids is 2. The first-order valence-electron chi connectivity index (χ1n) is 12.9. The molecule has 0 bridgehead atoms. The molecule has 0 saturated heterocycles. The van der Waals surface area contributed by atoms with Gasteiger partial charge in [0, 0.05) is 6.42 Å². The van der Waals surface area contributed by atoms with Crippen LogP contribution in [0.15, 0.2) is 88.8 Å². The number of amides is 1. The molecule has 2 rings (SSSR count). The quantitative estimate of drug-likeness (QED) is 0.169. The van der Waals surface area contributed by atoms with Gasteiger partial charge in [-0.25, -0.2) is 4.79 Å². The van der Waals surface area contributed by atoms with E-state index in [9.17, 15) is 14.7 Å². The summed E-state index contributed by atoms with van der Waals surface area (Å²) in [5, 5.41) is 13.0. The number of nitrogens with one attached hydrogen (secondary N) is 1. The second-order valence-electron chi connectivity index (χ2n) is 9.58. The van der Waals surface area contributed by atoms with Crippen LogP contribution in [0.25, 0.3) is 0 Å². The van der Waals surface area contributed by atoms with Gasteiger partial charge in [0.25, 0.3) is 0 Å². The maximum atomic E-state index is 12.5. The Hall–Kier alpha value is -3.38. The number of rotatable bonds is 15. The van der Waals surface area contributed by atoms with Crippen molar-refractivity contribution in [3.8, 4) is 0 Å². The molecule has 0 unspecified atom stereocenters. The number of benzene rings is 1. The van der Waals surface area contributed by atoms with Crippen molar-refractivity contribution >= 4 is 11.9 Å². The van der Waals surface area contributed by atoms with Gasteiger partial charge in [-0.1, -0.05) is 72.7 Å². The maximum Gasteiger partial charge on any atom is 0.333 e. The summed E-state index contributed by atoms with van der Waals surface area (Å²) in [6.07, 6.45) is 16.1. The standard InChI is InChI=1S/C31H41NO5/c1-23(11-8-12-24(2)14-10-16-26-19-20-37-22-26)13-9-15-25(3)21-28(33)30(34)32-29(31(35)36-4)27-17-6-5-7-18-27/h5-8,11-12,15,17-20,22-23,28-29,33H,9-10,13-14,16,21H2,1-4H3,(H,32,34)/b11-8+,24-12+,25-15-/t23-,28-,29-/m1/s1. The highest BCUT2D eigenvalue weighted by atomic mass is 16.5. The summed E-state index contributed by atoms with van der Waals surface area (Å²) in [4.78, 5) is 24.7. The number of hydrogen-bond donors (Lipinski definition) is 2. The number of carbonyl (C=O) groups is 2. The fraction of sp³-hybridized carbons (Fsp3) is 0.419. The third-order valence-corrected chi connectivity index (χ3v) is 6.23. The number of allylic oxidation sites excluding steroid dienone is 5. The van der Waals surface area contributed by atoms with Gasteiger partial charge in [-0.3, -0.25) is 4.79 Å². The molecule has 1 amide bonds. The fourth-order valence-electron chi connectivity index (χ4n) is 3.95. The number of ether oxygens (including phenoxy) is 1. The number of esters is 1. The molecule has 6 nitrogen and oxygen atoms in total. The van der Waals surface area contributed by atoms with Crippen LogP contribution in [0.5, 0.6) is 0 Å². The summed E-state index contributed by atoms with van der Waals surface area (Å²) in [6.45, 7) is 6.24. The largest absolute Gasteiger partial charge is 0.472 e. The van der Waals surface area contributed by atoms with Crippen LogP contribution in [0, 0.1) is 5.92 Å². The van der Waals surface area contributed by atoms with Crippen molar-refractivity contribution in [3.63, 3.8) is 0 Å². The van der Waals surface area contributed by atoms with E-state index in [0.717, 1.165) is 37.7 Å². The van der Waals surface area contributed by atoms with E-state index in [-0.39, 0.29) is 6.42 Å². The van der Waals surface area contributed by atoms with Crippen LogP contribution >= 0.6 is 0 Å². The topological polar surface area (TPSA) is 88.8 Å². The zero-order valence-electron chi connectivity index (χ0n) is 22.5. The molecule has 0 radical (unpaired) electrons. The number of aliphatic hydroxyl groups is 1. The molecule has 2 N–H and O–H groups in total. The summed E-state index contributed by atoms with van der Waals surface area (Å²) in [5.41, 5.74) is 4.13. The summed E-state index contributed by atoms with van der Waals surface area (Å²) in [6, 6.07) is 9.89. The Bertz CT molecular complexity index is 1040. The lowest BCUT2D eigenvalue weighted by Crippen LogP contribution is -2.40. The zero-order valence-corrected chi connectivity index (χ0v) is 22.5. The summed E-state index contributed by atoms with van der Waals surface area (Å²) in [7, 11) is 1.27. The van der Waals surface area contributed by atoms with Gasteiger partial charge in [0.2, 0.25) is 5.91 Å². The second kappa shape index (κ2) is 16.4. The predicted octanol–water partition coefficient (Wildman–Crippen LogP) is 6.25. The van der Waals surface area contributed by atoms with Gasteiger partial charge in [-0.2, -0.15) is 0 Å². The zero-order chi connectivity index (χ0) is 27.0. The molecule has 0 aliphatic rings. The van der Waals surface area contributed by atoms with Gasteiger partial charge in [-0.05, 0) is 69.1 Å². The first kappa shape index (κ1) is 29.8. The van der Waals surface area contributed by atoms with Crippen LogP contribution in [-0.4, -0.2) is 30.2 Å². The lowest BCUT2D eigenvalue weighted by atomic mass is 10.0. The van der Waals surface area contributed by atoms with Crippen molar-refractivity contribution in [2.75, 3.05) is 7.11 Å². The molecule has 200 valence electrons. The van der Waals surface area contributed by atoms with Crippen molar-refractivity contribution in [2.24, 2.45) is 5.92 Å². The second-order valence-corrected chi connectivity index (χ2v) is 9.58. The molecule has 0 fully saturated rings. The Kier molecular flexibility index (Phi) is 13.2. The molecule has 0 saturated carbocycles. The van der Waals surface area contributed by atoms with E-state index in [4.69, 9.17) is 9.15 Å². The molecule has 1 aromatic heterocycles. The Morgan fingerprint density at radius 3 is 2.57 bits per heavy atom. The van der Waals surface area contributed by atoms with Crippen molar-refractivity contribution in [2.45, 2.75) is 71.4 Å². The molecule has 0 aliphatic carbocycles. The molecule has 3 atom stereocenters. The van der Waals surface area contributed by atoms with Crippen molar-refractivity contribution in [3.05, 3.63) is 95.5 Å². The van der Waals surface area contributed by atoms with Crippen molar-refractivity contribution in [1.82, 2.24) is 5.32 Å². The maximum absolute atomic E-state index is 12.5. The average molecular weight is 508 g/mol. The SMILES string of the molecule is COC(=O)[C@H](NC(=O)[C@H](O)C/C(C)=C\CC[C@H](C)/C=C/C=C(\C)CCCc1ccoc1)c1ccccc1. The minimum atomic E-state index is -1.24. The molecule has 1 aromatic carbocycles. The third kappa shape index (κ3) is 11.5. The number of aryl methyl sites for hydroxylation is 1. The van der Waals surface area contributed by atoms with Crippen molar-refractivity contribution < 1.29 is 23.8 Å². The van der Waals surface area contributed by atoms with E-state index in [0.29, 0.717) is 11.5 Å². The van der Waals surface area contributed by atoms with Crippen LogP contribution < -0.4 is 5.32 Å². The lowest BCUT2D eigenvalue weighted by Gasteiger charge is -2.19. The highest BCUT2D eigenvalue weighted by Crippen LogP contribution is 2.17. The molecular formula is C31H41NO5. The highest BCUT2D eigenvalue weighted by molar-refractivity contribution is 5.87. The Balaban J connectivity index is 1.73. The first-order chi connectivity index (χ1) is 17.8. The van der Waals surface area contributed by atoms with E-state index < -0.39 is 24.0 Å². The van der Waals surface area contributed by atoms with Crippen LogP contribution in [0.3, 0.4) is 0 Å². The number of hydrogen-bond acceptors (Lipinski definition) is 5. The van der Waals surface area contributed by atoms with E-state index in [2.05, 4.69) is 43.5 Å². The molecule has 0 aliphatic heterocycles. The minimum absolute atomic E-state index is 0.208. The van der Waals surface area contributed by atoms with Gasteiger partial charge >= 0.3 is 5.97 Å². The Labute approximate surface area is 221 Å². The van der Waals surface area contributed by atoms with E-state index in [1.54, 1.807) is 36.8 Å². The smallest absolute Gasteiger partial charge is 0.333 e. The van der Waals surface area contributed by atoms with E-state index in [1.165, 1.54) is 18.2 Å². The van der Waals surface area contributed by atoms with Gasteiger partial charge in [0.05, 0.1) is 19.6 Å². The summed E-state index contributed by atoms with van der Waals surface area (Å²) < 4.78 is 9.92. The van der Waals surface area contributed by atoms with Gasteiger partial charge in [-0.15, -0.1) is 0 Å². The van der Waals surface area contributed by atoms with Crippen molar-refractivity contribution in [1.29, 1.82) is 0 Å². The highest BCUT2D eigenvalue weighted by Gasteiger charge is 2.26. The number of methoxy groups -OCH3 is 1. The summed E-state index contributed by atoms with van der Waals surface area (Å²) in [5.74, 6) is -0.769. The molecule has 37 heavy (non-hydrogen) atoms. The Morgan fingerprint density at radius 2 is 1.89 bits per heavy atom. The lowest BCUT2D eigenvalue weighted by molar-refractivity contribution is -0.146. The monoisotopic (exact) mass is 507 g/mol. The van der Waals surface area contributed by atoms with Gasteiger partial charge < -0.3 is 19.6 Å². The predicted molar refractivity (Wildman–Crippen MR) is 147 cm³/mol. The Morgan fingerprint density at radius 1 is 1.14 bits per heavy atom. The number of furan rings is 1. The van der Waals surface area contributed by atoms with Crippen LogP contribution in [0.2, 0.25) is 0 Å². The average Bonchev–Trinajstić information content (AvgIpc) is 3.40. The number of aliphatic hydroxyl groups excluding tert-OH is 1.